The van der Waals surface area contributed by atoms with Crippen LogP contribution in [-0.2, 0) is 6.42 Å². The number of benzene rings is 1. The van der Waals surface area contributed by atoms with Crippen LogP contribution in [0.3, 0.4) is 0 Å². The lowest BCUT2D eigenvalue weighted by Crippen LogP contribution is -2.25. The van der Waals surface area contributed by atoms with Crippen molar-refractivity contribution in [2.24, 2.45) is 0 Å². The highest BCUT2D eigenvalue weighted by molar-refractivity contribution is 5.92. The first kappa shape index (κ1) is 16.8. The monoisotopic (exact) mass is 361 g/mol. The van der Waals surface area contributed by atoms with Gasteiger partial charge in [0.2, 0.25) is 0 Å². The molecule has 0 aliphatic heterocycles. The molecule has 1 amide bonds. The molecule has 7 heteroatoms. The fourth-order valence-corrected chi connectivity index (χ4v) is 2.92. The second-order valence-electron chi connectivity index (χ2n) is 6.15. The van der Waals surface area contributed by atoms with Crippen molar-refractivity contribution in [2.45, 2.75) is 6.42 Å². The van der Waals surface area contributed by atoms with Gasteiger partial charge in [0.15, 0.2) is 0 Å². The van der Waals surface area contributed by atoms with Crippen molar-refractivity contribution in [3.05, 3.63) is 72.4 Å². The van der Waals surface area contributed by atoms with E-state index in [0.29, 0.717) is 12.2 Å². The van der Waals surface area contributed by atoms with Crippen LogP contribution in [0.5, 0.6) is 5.75 Å². The Morgan fingerprint density at radius 3 is 2.96 bits per heavy atom. The fraction of sp³-hybridized carbons (Fsp3) is 0.150. The maximum atomic E-state index is 12.4. The summed E-state index contributed by atoms with van der Waals surface area (Å²) in [6.45, 7) is 0.528. The van der Waals surface area contributed by atoms with Crippen LogP contribution in [0.15, 0.2) is 61.2 Å². The minimum Gasteiger partial charge on any atom is -0.497 e. The predicted octanol–water partition coefficient (Wildman–Crippen LogP) is 2.71. The van der Waals surface area contributed by atoms with E-state index in [4.69, 9.17) is 4.74 Å². The number of H-pyrrole nitrogens is 1. The zero-order valence-corrected chi connectivity index (χ0v) is 14.8. The molecule has 0 saturated heterocycles. The van der Waals surface area contributed by atoms with E-state index in [1.54, 1.807) is 19.5 Å². The Hall–Kier alpha value is -3.61. The molecule has 1 aromatic carbocycles. The van der Waals surface area contributed by atoms with Gasteiger partial charge in [-0.25, -0.2) is 4.98 Å². The van der Waals surface area contributed by atoms with Gasteiger partial charge in [-0.1, -0.05) is 12.1 Å². The molecule has 0 spiro atoms. The molecule has 2 N–H and O–H groups in total. The first-order chi connectivity index (χ1) is 13.2. The number of hydrogen-bond acceptors (Lipinski definition) is 4. The second kappa shape index (κ2) is 7.33. The summed E-state index contributed by atoms with van der Waals surface area (Å²) < 4.78 is 7.06. The molecule has 7 nitrogen and oxygen atoms in total. The fourth-order valence-electron chi connectivity index (χ4n) is 2.92. The third-order valence-electron chi connectivity index (χ3n) is 4.35. The molecular formula is C20H19N5O2. The van der Waals surface area contributed by atoms with Crippen LogP contribution in [0.1, 0.15) is 16.1 Å². The Bertz CT molecular complexity index is 1070. The molecule has 3 heterocycles. The smallest absolute Gasteiger partial charge is 0.271 e. The van der Waals surface area contributed by atoms with E-state index < -0.39 is 0 Å². The number of fused-ring (bicyclic) bond motifs is 1. The van der Waals surface area contributed by atoms with Crippen LogP contribution < -0.4 is 10.1 Å². The highest BCUT2D eigenvalue weighted by Crippen LogP contribution is 2.18. The molecule has 3 aromatic heterocycles. The van der Waals surface area contributed by atoms with Gasteiger partial charge in [0, 0.05) is 36.3 Å². The lowest BCUT2D eigenvalue weighted by atomic mass is 10.1. The average molecular weight is 361 g/mol. The number of ether oxygens (including phenoxy) is 1. The Morgan fingerprint density at radius 2 is 2.15 bits per heavy atom. The van der Waals surface area contributed by atoms with Crippen molar-refractivity contribution >= 4 is 11.6 Å². The zero-order chi connectivity index (χ0) is 18.6. The van der Waals surface area contributed by atoms with Gasteiger partial charge < -0.3 is 14.5 Å². The highest BCUT2D eigenvalue weighted by atomic mass is 16.5. The minimum absolute atomic E-state index is 0.188. The number of pyridine rings is 1. The quantitative estimate of drug-likeness (QED) is 0.553. The van der Waals surface area contributed by atoms with Crippen molar-refractivity contribution in [3.8, 4) is 16.9 Å². The number of hydrogen-bond donors (Lipinski definition) is 2. The largest absolute Gasteiger partial charge is 0.497 e. The molecule has 0 aliphatic carbocycles. The van der Waals surface area contributed by atoms with Gasteiger partial charge in [-0.15, -0.1) is 0 Å². The Labute approximate surface area is 156 Å². The average Bonchev–Trinajstić information content (AvgIpc) is 3.37. The molecule has 4 rings (SSSR count). The van der Waals surface area contributed by atoms with Crippen LogP contribution >= 0.6 is 0 Å². The summed E-state index contributed by atoms with van der Waals surface area (Å²) in [6.07, 6.45) is 7.97. The van der Waals surface area contributed by atoms with Gasteiger partial charge in [-0.05, 0) is 36.2 Å². The van der Waals surface area contributed by atoms with Crippen molar-refractivity contribution < 1.29 is 9.53 Å². The van der Waals surface area contributed by atoms with E-state index in [0.717, 1.165) is 34.5 Å². The van der Waals surface area contributed by atoms with Crippen molar-refractivity contribution in [2.75, 3.05) is 13.7 Å². The second-order valence-corrected chi connectivity index (χ2v) is 6.15. The molecule has 0 aliphatic rings. The number of carbonyl (C=O) groups is 1. The number of rotatable bonds is 6. The van der Waals surface area contributed by atoms with E-state index >= 15 is 0 Å². The van der Waals surface area contributed by atoms with Crippen molar-refractivity contribution in [1.29, 1.82) is 0 Å². The number of nitrogens with zero attached hydrogens (tertiary/aromatic N) is 3. The van der Waals surface area contributed by atoms with Gasteiger partial charge >= 0.3 is 0 Å². The lowest BCUT2D eigenvalue weighted by Gasteiger charge is -2.05. The molecule has 4 aromatic rings. The van der Waals surface area contributed by atoms with Gasteiger partial charge in [0.25, 0.3) is 5.91 Å². The zero-order valence-electron chi connectivity index (χ0n) is 14.8. The molecule has 0 saturated carbocycles. The van der Waals surface area contributed by atoms with Crippen LogP contribution in [0.4, 0.5) is 0 Å². The number of amides is 1. The predicted molar refractivity (Wildman–Crippen MR) is 102 cm³/mol. The molecule has 0 radical (unpaired) electrons. The molecule has 0 unspecified atom stereocenters. The maximum absolute atomic E-state index is 12.4. The van der Waals surface area contributed by atoms with E-state index in [1.807, 2.05) is 53.2 Å². The summed E-state index contributed by atoms with van der Waals surface area (Å²) in [6, 6.07) is 11.7. The molecule has 0 bridgehead atoms. The summed E-state index contributed by atoms with van der Waals surface area (Å²) in [5.41, 5.74) is 4.20. The van der Waals surface area contributed by atoms with Gasteiger partial charge in [0.1, 0.15) is 17.1 Å². The third-order valence-corrected chi connectivity index (χ3v) is 4.35. The first-order valence-electron chi connectivity index (χ1n) is 8.62. The van der Waals surface area contributed by atoms with Gasteiger partial charge in [-0.2, -0.15) is 5.10 Å². The summed E-state index contributed by atoms with van der Waals surface area (Å²) in [4.78, 5) is 16.8. The van der Waals surface area contributed by atoms with Crippen LogP contribution in [0.2, 0.25) is 0 Å². The van der Waals surface area contributed by atoms with Gasteiger partial charge in [0.05, 0.1) is 13.3 Å². The molecule has 0 fully saturated rings. The number of methoxy groups -OCH3 is 1. The minimum atomic E-state index is -0.188. The number of nitrogens with one attached hydrogen (secondary N) is 2. The Kier molecular flexibility index (Phi) is 4.57. The maximum Gasteiger partial charge on any atom is 0.271 e. The molecule has 27 heavy (non-hydrogen) atoms. The normalized spacial score (nSPS) is 10.9. The molecule has 136 valence electrons. The molecular weight excluding hydrogens is 342 g/mol. The van der Waals surface area contributed by atoms with Crippen LogP contribution in [0.25, 0.3) is 16.8 Å². The van der Waals surface area contributed by atoms with Crippen molar-refractivity contribution in [1.82, 2.24) is 24.9 Å². The van der Waals surface area contributed by atoms with E-state index in [9.17, 15) is 4.79 Å². The summed E-state index contributed by atoms with van der Waals surface area (Å²) in [5.74, 6) is 0.624. The summed E-state index contributed by atoms with van der Waals surface area (Å²) in [7, 11) is 1.64. The number of imidazole rings is 1. The number of carbonyl (C=O) groups excluding carboxylic acids is 1. The van der Waals surface area contributed by atoms with Crippen molar-refractivity contribution in [3.63, 3.8) is 0 Å². The first-order valence-corrected chi connectivity index (χ1v) is 8.62. The topological polar surface area (TPSA) is 84.3 Å². The Balaban J connectivity index is 1.43. The van der Waals surface area contributed by atoms with E-state index in [2.05, 4.69) is 20.5 Å². The molecule has 0 atom stereocenters. The summed E-state index contributed by atoms with van der Waals surface area (Å²) in [5, 5.41) is 9.67. The lowest BCUT2D eigenvalue weighted by molar-refractivity contribution is 0.0950. The van der Waals surface area contributed by atoms with Crippen LogP contribution in [-0.4, -0.2) is 39.1 Å². The van der Waals surface area contributed by atoms with Gasteiger partial charge in [-0.3, -0.25) is 9.89 Å². The van der Waals surface area contributed by atoms with Crippen LogP contribution in [0, 0.1) is 0 Å². The summed E-state index contributed by atoms with van der Waals surface area (Å²) >= 11 is 0. The Morgan fingerprint density at radius 1 is 1.22 bits per heavy atom. The third kappa shape index (κ3) is 3.67. The standard InChI is InChI=1S/C20H19N5O2/c1-27-17-4-2-3-14(9-17)7-8-21-20(26)18-13-25-12-15(5-6-19(25)24-18)16-10-22-23-11-16/h2-6,9-13H,7-8H2,1H3,(H,21,26)(H,22,23). The highest BCUT2D eigenvalue weighted by Gasteiger charge is 2.11. The van der Waals surface area contributed by atoms with E-state index in [-0.39, 0.29) is 5.91 Å². The number of aromatic nitrogens is 4. The van der Waals surface area contributed by atoms with E-state index in [1.165, 1.54) is 0 Å². The SMILES string of the molecule is COc1cccc(CCNC(=O)c2cn3cc(-c4cn[nH]c4)ccc3n2)c1. The number of aromatic amines is 1.